The highest BCUT2D eigenvalue weighted by molar-refractivity contribution is 5.84. The van der Waals surface area contributed by atoms with Crippen molar-refractivity contribution in [3.05, 3.63) is 29.8 Å². The van der Waals surface area contributed by atoms with Crippen molar-refractivity contribution in [2.24, 2.45) is 11.0 Å². The van der Waals surface area contributed by atoms with E-state index < -0.39 is 0 Å². The Morgan fingerprint density at radius 2 is 2.12 bits per heavy atom. The van der Waals surface area contributed by atoms with Gasteiger partial charge in [-0.1, -0.05) is 0 Å². The van der Waals surface area contributed by atoms with Gasteiger partial charge in [0.25, 0.3) is 0 Å². The van der Waals surface area contributed by atoms with E-state index in [-0.39, 0.29) is 11.8 Å². The summed E-state index contributed by atoms with van der Waals surface area (Å²) >= 11 is 0. The predicted octanol–water partition coefficient (Wildman–Crippen LogP) is 1.56. The van der Waals surface area contributed by atoms with Crippen LogP contribution in [0.25, 0.3) is 0 Å². The molecule has 84 valence electrons. The zero-order chi connectivity index (χ0) is 11.4. The van der Waals surface area contributed by atoms with E-state index in [4.69, 9.17) is 4.74 Å². The number of carbonyl (C=O) groups is 1. The molecule has 0 radical (unpaired) electrons. The van der Waals surface area contributed by atoms with Crippen LogP contribution in [-0.4, -0.2) is 19.2 Å². The molecule has 1 fully saturated rings. The smallest absolute Gasteiger partial charge is 0.243 e. The fourth-order valence-corrected chi connectivity index (χ4v) is 1.30. The van der Waals surface area contributed by atoms with Gasteiger partial charge in [-0.15, -0.1) is 0 Å². The Kier molecular flexibility index (Phi) is 3.19. The van der Waals surface area contributed by atoms with Gasteiger partial charge in [0.05, 0.1) is 13.3 Å². The average molecular weight is 218 g/mol. The second-order valence-electron chi connectivity index (χ2n) is 3.78. The average Bonchev–Trinajstić information content (AvgIpc) is 3.14. The summed E-state index contributed by atoms with van der Waals surface area (Å²) in [5, 5.41) is 3.89. The number of nitrogens with zero attached hydrogens (tertiary/aromatic N) is 1. The fraction of sp³-hybridized carbons (Fsp3) is 0.333. The number of amides is 1. The summed E-state index contributed by atoms with van der Waals surface area (Å²) in [6.45, 7) is 0. The van der Waals surface area contributed by atoms with Gasteiger partial charge in [-0.05, 0) is 42.7 Å². The van der Waals surface area contributed by atoms with Gasteiger partial charge in [-0.2, -0.15) is 5.10 Å². The van der Waals surface area contributed by atoms with Crippen molar-refractivity contribution >= 4 is 12.1 Å². The number of hydrogen-bond donors (Lipinski definition) is 1. The lowest BCUT2D eigenvalue weighted by Crippen LogP contribution is -2.18. The van der Waals surface area contributed by atoms with Crippen LogP contribution in [0, 0.1) is 5.92 Å². The maximum atomic E-state index is 11.3. The van der Waals surface area contributed by atoms with Crippen LogP contribution in [0.4, 0.5) is 0 Å². The Balaban J connectivity index is 1.87. The van der Waals surface area contributed by atoms with Crippen molar-refractivity contribution in [1.29, 1.82) is 0 Å². The van der Waals surface area contributed by atoms with Crippen molar-refractivity contribution in [2.75, 3.05) is 7.11 Å². The van der Waals surface area contributed by atoms with Gasteiger partial charge in [0.15, 0.2) is 0 Å². The SMILES string of the molecule is COc1ccc(/C=N\NC(=O)C2CC2)cc1. The van der Waals surface area contributed by atoms with Gasteiger partial charge in [-0.3, -0.25) is 4.79 Å². The largest absolute Gasteiger partial charge is 0.497 e. The number of hydrazone groups is 1. The lowest BCUT2D eigenvalue weighted by Gasteiger charge is -1.99. The number of hydrogen-bond acceptors (Lipinski definition) is 3. The van der Waals surface area contributed by atoms with Crippen LogP contribution in [0.5, 0.6) is 5.75 Å². The molecule has 4 nitrogen and oxygen atoms in total. The first-order valence-electron chi connectivity index (χ1n) is 5.26. The van der Waals surface area contributed by atoms with E-state index in [1.54, 1.807) is 13.3 Å². The van der Waals surface area contributed by atoms with Crippen LogP contribution >= 0.6 is 0 Å². The first-order chi connectivity index (χ1) is 7.79. The summed E-state index contributed by atoms with van der Waals surface area (Å²) in [5.74, 6) is 1.01. The predicted molar refractivity (Wildman–Crippen MR) is 61.5 cm³/mol. The van der Waals surface area contributed by atoms with Gasteiger partial charge in [-0.25, -0.2) is 5.43 Å². The molecule has 1 aliphatic rings. The lowest BCUT2D eigenvalue weighted by molar-refractivity contribution is -0.122. The molecule has 1 amide bonds. The van der Waals surface area contributed by atoms with E-state index in [2.05, 4.69) is 10.5 Å². The van der Waals surface area contributed by atoms with Crippen molar-refractivity contribution < 1.29 is 9.53 Å². The standard InChI is InChI=1S/C12H14N2O2/c1-16-11-6-2-9(3-7-11)8-13-14-12(15)10-4-5-10/h2-3,6-8,10H,4-5H2,1H3,(H,14,15)/b13-8-. The maximum Gasteiger partial charge on any atom is 0.243 e. The minimum absolute atomic E-state index is 0.0183. The van der Waals surface area contributed by atoms with E-state index >= 15 is 0 Å². The molecule has 0 spiro atoms. The molecule has 4 heteroatoms. The van der Waals surface area contributed by atoms with Crippen molar-refractivity contribution in [1.82, 2.24) is 5.43 Å². The molecule has 16 heavy (non-hydrogen) atoms. The molecule has 0 aromatic heterocycles. The molecular weight excluding hydrogens is 204 g/mol. The van der Waals surface area contributed by atoms with Gasteiger partial charge in [0, 0.05) is 5.92 Å². The lowest BCUT2D eigenvalue weighted by atomic mass is 10.2. The summed E-state index contributed by atoms with van der Waals surface area (Å²) in [6.07, 6.45) is 3.60. The minimum atomic E-state index is 0.0183. The van der Waals surface area contributed by atoms with Crippen LogP contribution in [0.2, 0.25) is 0 Å². The molecule has 1 aliphatic carbocycles. The Labute approximate surface area is 94.3 Å². The van der Waals surface area contributed by atoms with Crippen molar-refractivity contribution in [3.63, 3.8) is 0 Å². The number of ether oxygens (including phenoxy) is 1. The number of nitrogens with one attached hydrogen (secondary N) is 1. The van der Waals surface area contributed by atoms with Crippen molar-refractivity contribution in [3.8, 4) is 5.75 Å². The number of carbonyl (C=O) groups excluding carboxylic acids is 1. The summed E-state index contributed by atoms with van der Waals surface area (Å²) < 4.78 is 5.04. The third-order valence-corrected chi connectivity index (χ3v) is 2.45. The molecule has 1 aromatic rings. The van der Waals surface area contributed by atoms with E-state index in [1.807, 2.05) is 24.3 Å². The molecule has 0 aliphatic heterocycles. The third-order valence-electron chi connectivity index (χ3n) is 2.45. The van der Waals surface area contributed by atoms with Gasteiger partial charge >= 0.3 is 0 Å². The van der Waals surface area contributed by atoms with Crippen LogP contribution in [0.15, 0.2) is 29.4 Å². The van der Waals surface area contributed by atoms with Crippen LogP contribution < -0.4 is 10.2 Å². The normalized spacial score (nSPS) is 15.1. The molecule has 0 unspecified atom stereocenters. The molecule has 1 aromatic carbocycles. The van der Waals surface area contributed by atoms with Crippen LogP contribution in [0.3, 0.4) is 0 Å². The first kappa shape index (κ1) is 10.7. The van der Waals surface area contributed by atoms with E-state index in [1.165, 1.54) is 0 Å². The highest BCUT2D eigenvalue weighted by Crippen LogP contribution is 2.28. The second-order valence-corrected chi connectivity index (χ2v) is 3.78. The van der Waals surface area contributed by atoms with E-state index in [0.29, 0.717) is 0 Å². The van der Waals surface area contributed by atoms with Gasteiger partial charge in [0.2, 0.25) is 5.91 Å². The topological polar surface area (TPSA) is 50.7 Å². The molecule has 1 N–H and O–H groups in total. The minimum Gasteiger partial charge on any atom is -0.497 e. The molecule has 2 rings (SSSR count). The Bertz CT molecular complexity index is 394. The summed E-state index contributed by atoms with van der Waals surface area (Å²) in [5.41, 5.74) is 3.45. The molecule has 1 saturated carbocycles. The molecule has 0 heterocycles. The molecule has 0 bridgehead atoms. The highest BCUT2D eigenvalue weighted by atomic mass is 16.5. The van der Waals surface area contributed by atoms with E-state index in [0.717, 1.165) is 24.2 Å². The molecular formula is C12H14N2O2. The maximum absolute atomic E-state index is 11.3. The Morgan fingerprint density at radius 3 is 2.69 bits per heavy atom. The monoisotopic (exact) mass is 218 g/mol. The summed E-state index contributed by atoms with van der Waals surface area (Å²) in [4.78, 5) is 11.3. The summed E-state index contributed by atoms with van der Waals surface area (Å²) in [7, 11) is 1.62. The Morgan fingerprint density at radius 1 is 1.44 bits per heavy atom. The van der Waals surface area contributed by atoms with E-state index in [9.17, 15) is 4.79 Å². The van der Waals surface area contributed by atoms with Gasteiger partial charge in [0.1, 0.15) is 5.75 Å². The summed E-state index contributed by atoms with van der Waals surface area (Å²) in [6, 6.07) is 7.46. The zero-order valence-corrected chi connectivity index (χ0v) is 9.14. The number of methoxy groups -OCH3 is 1. The fourth-order valence-electron chi connectivity index (χ4n) is 1.30. The highest BCUT2D eigenvalue weighted by Gasteiger charge is 2.29. The molecule has 0 atom stereocenters. The number of rotatable bonds is 4. The van der Waals surface area contributed by atoms with Crippen LogP contribution in [-0.2, 0) is 4.79 Å². The van der Waals surface area contributed by atoms with Crippen molar-refractivity contribution in [2.45, 2.75) is 12.8 Å². The zero-order valence-electron chi connectivity index (χ0n) is 9.14. The Hall–Kier alpha value is -1.84. The second kappa shape index (κ2) is 4.79. The number of benzene rings is 1. The quantitative estimate of drug-likeness (QED) is 0.616. The van der Waals surface area contributed by atoms with Gasteiger partial charge < -0.3 is 4.74 Å². The molecule has 0 saturated heterocycles. The van der Waals surface area contributed by atoms with Crippen LogP contribution in [0.1, 0.15) is 18.4 Å². The first-order valence-corrected chi connectivity index (χ1v) is 5.26. The third kappa shape index (κ3) is 2.82.